The van der Waals surface area contributed by atoms with Crippen LogP contribution in [0.15, 0.2) is 12.4 Å². The van der Waals surface area contributed by atoms with Crippen LogP contribution in [-0.4, -0.2) is 37.0 Å². The number of anilines is 1. The SMILES string of the molecule is COC(CNc1cc(C2CCC2)ncn1)OC. The fraction of sp³-hybridized carbons (Fsp3) is 0.667. The molecule has 1 N–H and O–H groups in total. The molecule has 0 unspecified atom stereocenters. The Morgan fingerprint density at radius 2 is 2.12 bits per heavy atom. The molecular formula is C12H19N3O2. The summed E-state index contributed by atoms with van der Waals surface area (Å²) in [5.41, 5.74) is 1.14. The van der Waals surface area contributed by atoms with Gasteiger partial charge in [-0.1, -0.05) is 6.42 Å². The van der Waals surface area contributed by atoms with Gasteiger partial charge in [0.15, 0.2) is 6.29 Å². The first-order chi connectivity index (χ1) is 8.33. The Morgan fingerprint density at radius 3 is 2.71 bits per heavy atom. The summed E-state index contributed by atoms with van der Waals surface area (Å²) in [5, 5.41) is 3.19. The molecule has 0 bridgehead atoms. The number of nitrogens with zero attached hydrogens (tertiary/aromatic N) is 2. The van der Waals surface area contributed by atoms with Gasteiger partial charge in [-0.05, 0) is 12.8 Å². The summed E-state index contributed by atoms with van der Waals surface area (Å²) in [6, 6.07) is 2.02. The van der Waals surface area contributed by atoms with E-state index in [9.17, 15) is 0 Å². The van der Waals surface area contributed by atoms with Gasteiger partial charge >= 0.3 is 0 Å². The van der Waals surface area contributed by atoms with Crippen molar-refractivity contribution in [2.75, 3.05) is 26.1 Å². The molecule has 0 amide bonds. The highest BCUT2D eigenvalue weighted by Gasteiger charge is 2.21. The lowest BCUT2D eigenvalue weighted by Gasteiger charge is -2.24. The Kier molecular flexibility index (Phi) is 4.28. The third-order valence-corrected chi connectivity index (χ3v) is 3.19. The van der Waals surface area contributed by atoms with Gasteiger partial charge in [-0.2, -0.15) is 0 Å². The molecule has 0 atom stereocenters. The van der Waals surface area contributed by atoms with Crippen LogP contribution in [0.3, 0.4) is 0 Å². The van der Waals surface area contributed by atoms with Gasteiger partial charge in [-0.25, -0.2) is 9.97 Å². The average molecular weight is 237 g/mol. The first kappa shape index (κ1) is 12.3. The van der Waals surface area contributed by atoms with Gasteiger partial charge in [0.05, 0.1) is 6.54 Å². The van der Waals surface area contributed by atoms with E-state index in [2.05, 4.69) is 15.3 Å². The molecule has 94 valence electrons. The Hall–Kier alpha value is -1.20. The molecule has 2 rings (SSSR count). The zero-order valence-electron chi connectivity index (χ0n) is 10.3. The predicted molar refractivity (Wildman–Crippen MR) is 64.9 cm³/mol. The fourth-order valence-electron chi connectivity index (χ4n) is 1.85. The van der Waals surface area contributed by atoms with E-state index in [0.717, 1.165) is 11.5 Å². The number of methoxy groups -OCH3 is 2. The monoisotopic (exact) mass is 237 g/mol. The molecule has 5 nitrogen and oxygen atoms in total. The Morgan fingerprint density at radius 1 is 1.35 bits per heavy atom. The highest BCUT2D eigenvalue weighted by atomic mass is 16.7. The van der Waals surface area contributed by atoms with E-state index in [-0.39, 0.29) is 6.29 Å². The van der Waals surface area contributed by atoms with Crippen molar-refractivity contribution in [2.24, 2.45) is 0 Å². The van der Waals surface area contributed by atoms with Crippen molar-refractivity contribution in [1.82, 2.24) is 9.97 Å². The fourth-order valence-corrected chi connectivity index (χ4v) is 1.85. The molecule has 1 aromatic heterocycles. The van der Waals surface area contributed by atoms with E-state index < -0.39 is 0 Å². The van der Waals surface area contributed by atoms with Gasteiger partial charge in [0.1, 0.15) is 12.1 Å². The van der Waals surface area contributed by atoms with Crippen LogP contribution in [0.5, 0.6) is 0 Å². The van der Waals surface area contributed by atoms with Crippen molar-refractivity contribution in [2.45, 2.75) is 31.5 Å². The number of hydrogen-bond donors (Lipinski definition) is 1. The minimum Gasteiger partial charge on any atom is -0.365 e. The van der Waals surface area contributed by atoms with Crippen molar-refractivity contribution in [1.29, 1.82) is 0 Å². The number of aromatic nitrogens is 2. The van der Waals surface area contributed by atoms with Crippen LogP contribution in [0.1, 0.15) is 30.9 Å². The van der Waals surface area contributed by atoms with E-state index >= 15 is 0 Å². The molecule has 0 radical (unpaired) electrons. The summed E-state index contributed by atoms with van der Waals surface area (Å²) in [6.45, 7) is 0.578. The number of hydrogen-bond acceptors (Lipinski definition) is 5. The van der Waals surface area contributed by atoms with Gasteiger partial charge < -0.3 is 14.8 Å². The van der Waals surface area contributed by atoms with Crippen LogP contribution < -0.4 is 5.32 Å². The van der Waals surface area contributed by atoms with Crippen LogP contribution >= 0.6 is 0 Å². The Bertz CT molecular complexity index is 351. The van der Waals surface area contributed by atoms with Crippen LogP contribution in [0.25, 0.3) is 0 Å². The molecule has 17 heavy (non-hydrogen) atoms. The maximum Gasteiger partial charge on any atom is 0.173 e. The largest absolute Gasteiger partial charge is 0.365 e. The molecule has 1 heterocycles. The van der Waals surface area contributed by atoms with Crippen LogP contribution in [0.2, 0.25) is 0 Å². The van der Waals surface area contributed by atoms with Crippen LogP contribution in [-0.2, 0) is 9.47 Å². The zero-order valence-corrected chi connectivity index (χ0v) is 10.3. The summed E-state index contributed by atoms with van der Waals surface area (Å²) in [7, 11) is 3.24. The maximum absolute atomic E-state index is 5.10. The third kappa shape index (κ3) is 3.14. The molecule has 0 saturated heterocycles. The second-order valence-corrected chi connectivity index (χ2v) is 4.24. The number of ether oxygens (including phenoxy) is 2. The van der Waals surface area contributed by atoms with Crippen molar-refractivity contribution in [3.63, 3.8) is 0 Å². The normalized spacial score (nSPS) is 15.9. The summed E-state index contributed by atoms with van der Waals surface area (Å²) in [6.07, 6.45) is 5.17. The standard InChI is InChI=1S/C12H19N3O2/c1-16-12(17-2)7-13-11-6-10(14-8-15-11)9-4-3-5-9/h6,8-9,12H,3-5,7H2,1-2H3,(H,13,14,15). The summed E-state index contributed by atoms with van der Waals surface area (Å²) in [4.78, 5) is 8.50. The van der Waals surface area contributed by atoms with Crippen molar-refractivity contribution in [3.8, 4) is 0 Å². The quantitative estimate of drug-likeness (QED) is 0.764. The summed E-state index contributed by atoms with van der Waals surface area (Å²) < 4.78 is 10.2. The van der Waals surface area contributed by atoms with Gasteiger partial charge in [0.25, 0.3) is 0 Å². The van der Waals surface area contributed by atoms with Crippen LogP contribution in [0, 0.1) is 0 Å². The average Bonchev–Trinajstić information content (AvgIpc) is 2.29. The van der Waals surface area contributed by atoms with Crippen LogP contribution in [0.4, 0.5) is 5.82 Å². The molecule has 1 aromatic rings. The minimum absolute atomic E-state index is 0.253. The van der Waals surface area contributed by atoms with Crippen molar-refractivity contribution < 1.29 is 9.47 Å². The Balaban J connectivity index is 1.91. The maximum atomic E-state index is 5.10. The van der Waals surface area contributed by atoms with Gasteiger partial charge in [-0.15, -0.1) is 0 Å². The van der Waals surface area contributed by atoms with Gasteiger partial charge in [0, 0.05) is 31.9 Å². The summed E-state index contributed by atoms with van der Waals surface area (Å²) >= 11 is 0. The Labute approximate surface area is 102 Å². The molecule has 0 aromatic carbocycles. The van der Waals surface area contributed by atoms with Crippen molar-refractivity contribution >= 4 is 5.82 Å². The highest BCUT2D eigenvalue weighted by molar-refractivity contribution is 5.36. The molecule has 1 fully saturated rings. The lowest BCUT2D eigenvalue weighted by atomic mass is 9.83. The van der Waals surface area contributed by atoms with Gasteiger partial charge in [0.2, 0.25) is 0 Å². The molecule has 1 saturated carbocycles. The molecule has 5 heteroatoms. The smallest absolute Gasteiger partial charge is 0.173 e. The topological polar surface area (TPSA) is 56.3 Å². The van der Waals surface area contributed by atoms with Gasteiger partial charge in [-0.3, -0.25) is 0 Å². The number of nitrogens with one attached hydrogen (secondary N) is 1. The van der Waals surface area contributed by atoms with E-state index in [0.29, 0.717) is 12.5 Å². The van der Waals surface area contributed by atoms with E-state index in [1.807, 2.05) is 6.07 Å². The molecule has 0 spiro atoms. The molecular weight excluding hydrogens is 218 g/mol. The highest BCUT2D eigenvalue weighted by Crippen LogP contribution is 2.35. The van der Waals surface area contributed by atoms with E-state index in [1.165, 1.54) is 19.3 Å². The second kappa shape index (κ2) is 5.93. The lowest BCUT2D eigenvalue weighted by molar-refractivity contribution is -0.0914. The lowest BCUT2D eigenvalue weighted by Crippen LogP contribution is -2.24. The summed E-state index contributed by atoms with van der Waals surface area (Å²) in [5.74, 6) is 1.46. The first-order valence-electron chi connectivity index (χ1n) is 5.95. The third-order valence-electron chi connectivity index (χ3n) is 3.19. The molecule has 1 aliphatic carbocycles. The molecule has 0 aliphatic heterocycles. The zero-order chi connectivity index (χ0) is 12.1. The second-order valence-electron chi connectivity index (χ2n) is 4.24. The first-order valence-corrected chi connectivity index (χ1v) is 5.95. The molecule has 1 aliphatic rings. The van der Waals surface area contributed by atoms with E-state index in [4.69, 9.17) is 9.47 Å². The van der Waals surface area contributed by atoms with E-state index in [1.54, 1.807) is 20.5 Å². The predicted octanol–water partition coefficient (Wildman–Crippen LogP) is 1.77. The number of rotatable bonds is 6. The van der Waals surface area contributed by atoms with Crippen molar-refractivity contribution in [3.05, 3.63) is 18.1 Å². The minimum atomic E-state index is -0.253.